The van der Waals surface area contributed by atoms with Gasteiger partial charge >= 0.3 is 0 Å². The van der Waals surface area contributed by atoms with Crippen LogP contribution in [0.3, 0.4) is 0 Å². The Morgan fingerprint density at radius 3 is 2.45 bits per heavy atom. The lowest BCUT2D eigenvalue weighted by molar-refractivity contribution is -0.384. The van der Waals surface area contributed by atoms with Crippen LogP contribution in [0.15, 0.2) is 77.7 Å². The molecule has 0 fully saturated rings. The van der Waals surface area contributed by atoms with Gasteiger partial charge in [-0.25, -0.2) is 4.39 Å². The van der Waals surface area contributed by atoms with Gasteiger partial charge in [0, 0.05) is 34.4 Å². The van der Waals surface area contributed by atoms with Gasteiger partial charge in [0.25, 0.3) is 15.8 Å². The van der Waals surface area contributed by atoms with E-state index in [9.17, 15) is 23.3 Å². The Bertz CT molecular complexity index is 2180. The number of fused-ring (bicyclic) bond motifs is 4. The van der Waals surface area contributed by atoms with Crippen molar-refractivity contribution in [1.82, 2.24) is 0 Å². The van der Waals surface area contributed by atoms with Crippen molar-refractivity contribution in [2.24, 2.45) is 0 Å². The van der Waals surface area contributed by atoms with Crippen LogP contribution in [0.5, 0.6) is 0 Å². The van der Waals surface area contributed by atoms with E-state index in [1.165, 1.54) is 36.4 Å². The molecule has 224 valence electrons. The van der Waals surface area contributed by atoms with Gasteiger partial charge in [-0.1, -0.05) is 48.0 Å². The minimum atomic E-state index is -3.98. The molecule has 44 heavy (non-hydrogen) atoms. The minimum absolute atomic E-state index is 0.0712. The van der Waals surface area contributed by atoms with Crippen molar-refractivity contribution in [2.75, 3.05) is 6.61 Å². The second-order valence-corrected chi connectivity index (χ2v) is 12.9. The molecular weight excluding hydrogens is 581 g/mol. The van der Waals surface area contributed by atoms with E-state index in [-0.39, 0.29) is 41.1 Å². The minimum Gasteiger partial charge on any atom is -0.289 e. The van der Waals surface area contributed by atoms with Crippen molar-refractivity contribution in [3.63, 3.8) is 0 Å². The number of hydrogen-bond acceptors (Lipinski definition) is 6. The highest BCUT2D eigenvalue weighted by atomic mass is 32.2. The lowest BCUT2D eigenvalue weighted by Crippen LogP contribution is -2.28. The third kappa shape index (κ3) is 5.37. The van der Waals surface area contributed by atoms with E-state index in [0.29, 0.717) is 34.8 Å². The number of nitrogens with zero attached hydrogens (tertiary/aromatic N) is 1. The summed E-state index contributed by atoms with van der Waals surface area (Å²) < 4.78 is 46.3. The van der Waals surface area contributed by atoms with Gasteiger partial charge in [0.15, 0.2) is 5.78 Å². The first-order chi connectivity index (χ1) is 21.0. The Kier molecular flexibility index (Phi) is 7.77. The second kappa shape index (κ2) is 11.6. The Labute approximate surface area is 253 Å². The summed E-state index contributed by atoms with van der Waals surface area (Å²) in [6.07, 6.45) is 4.10. The standard InChI is InChI=1S/C35H30FNO6S/c1-21-9-12-25(13-10-21)44(41,42)43-18-17-23-20-32-27(5-4-8-33(32)36)30-16-15-28-29(34(23)30)6-3-7-31(28)35(38)26-14-11-24(37(39)40)19-22(26)2/h4-5,8-16,19-20,23H,3,6-7,17-18H2,1-2H3. The molecule has 0 amide bonds. The average molecular weight is 612 g/mol. The summed E-state index contributed by atoms with van der Waals surface area (Å²) in [5, 5.41) is 14.1. The van der Waals surface area contributed by atoms with Crippen molar-refractivity contribution in [2.45, 2.75) is 50.3 Å². The molecule has 0 bridgehead atoms. The van der Waals surface area contributed by atoms with E-state index in [0.717, 1.165) is 38.8 Å². The quantitative estimate of drug-likeness (QED) is 0.110. The molecule has 6 rings (SSSR count). The molecule has 0 spiro atoms. The van der Waals surface area contributed by atoms with Crippen LogP contribution in [0.2, 0.25) is 0 Å². The molecular formula is C35H30FNO6S. The number of rotatable bonds is 8. The van der Waals surface area contributed by atoms with Crippen LogP contribution < -0.4 is 10.4 Å². The van der Waals surface area contributed by atoms with Crippen molar-refractivity contribution >= 4 is 33.2 Å². The number of Topliss-reactive ketones (excluding diaryl/α,β-unsaturated/α-hetero) is 1. The third-order valence-corrected chi connectivity index (χ3v) is 9.86. The summed E-state index contributed by atoms with van der Waals surface area (Å²) in [5.74, 6) is -0.887. The van der Waals surface area contributed by atoms with Gasteiger partial charge in [-0.3, -0.25) is 19.1 Å². The van der Waals surface area contributed by atoms with Crippen LogP contribution in [0.1, 0.15) is 57.8 Å². The molecule has 1 atom stereocenters. The normalized spacial score (nSPS) is 15.5. The van der Waals surface area contributed by atoms with Gasteiger partial charge in [0.2, 0.25) is 0 Å². The second-order valence-electron chi connectivity index (χ2n) is 11.3. The zero-order valence-corrected chi connectivity index (χ0v) is 25.1. The van der Waals surface area contributed by atoms with Gasteiger partial charge in [-0.2, -0.15) is 8.42 Å². The van der Waals surface area contributed by atoms with Crippen molar-refractivity contribution in [3.05, 3.63) is 137 Å². The number of benzene rings is 4. The smallest absolute Gasteiger partial charge is 0.289 e. The van der Waals surface area contributed by atoms with E-state index in [1.54, 1.807) is 25.1 Å². The molecule has 0 N–H and O–H groups in total. The van der Waals surface area contributed by atoms with Gasteiger partial charge in [-0.05, 0) is 96.1 Å². The highest BCUT2D eigenvalue weighted by molar-refractivity contribution is 7.86. The molecule has 1 unspecified atom stereocenters. The van der Waals surface area contributed by atoms with Crippen molar-refractivity contribution < 1.29 is 26.7 Å². The predicted octanol–water partition coefficient (Wildman–Crippen LogP) is 5.68. The number of aryl methyl sites for hydroxylation is 2. The molecule has 0 saturated heterocycles. The summed E-state index contributed by atoms with van der Waals surface area (Å²) in [5.41, 5.74) is 4.37. The summed E-state index contributed by atoms with van der Waals surface area (Å²) in [7, 11) is -3.98. The molecule has 0 heterocycles. The van der Waals surface area contributed by atoms with E-state index < -0.39 is 15.0 Å². The Morgan fingerprint density at radius 2 is 1.73 bits per heavy atom. The molecule has 2 aliphatic rings. The van der Waals surface area contributed by atoms with Crippen LogP contribution in [-0.4, -0.2) is 25.7 Å². The maximum Gasteiger partial charge on any atom is 0.296 e. The Morgan fingerprint density at radius 1 is 0.977 bits per heavy atom. The van der Waals surface area contributed by atoms with Gasteiger partial charge in [0.05, 0.1) is 16.4 Å². The summed E-state index contributed by atoms with van der Waals surface area (Å²) in [6.45, 7) is 3.45. The van der Waals surface area contributed by atoms with E-state index in [4.69, 9.17) is 4.18 Å². The predicted molar refractivity (Wildman–Crippen MR) is 164 cm³/mol. The van der Waals surface area contributed by atoms with Gasteiger partial charge in [-0.15, -0.1) is 0 Å². The molecule has 9 heteroatoms. The number of nitro benzene ring substituents is 1. The monoisotopic (exact) mass is 611 g/mol. The van der Waals surface area contributed by atoms with Gasteiger partial charge in [0.1, 0.15) is 5.82 Å². The Hall–Kier alpha value is -4.47. The van der Waals surface area contributed by atoms with E-state index in [1.807, 2.05) is 31.2 Å². The maximum atomic E-state index is 15.1. The first kappa shape index (κ1) is 29.6. The largest absolute Gasteiger partial charge is 0.296 e. The number of halogens is 1. The average Bonchev–Trinajstić information content (AvgIpc) is 3.00. The maximum absolute atomic E-state index is 15.1. The summed E-state index contributed by atoms with van der Waals surface area (Å²) >= 11 is 0. The zero-order chi connectivity index (χ0) is 31.2. The van der Waals surface area contributed by atoms with Crippen LogP contribution in [0.4, 0.5) is 10.1 Å². The van der Waals surface area contributed by atoms with Crippen molar-refractivity contribution in [3.8, 4) is 0 Å². The highest BCUT2D eigenvalue weighted by Crippen LogP contribution is 2.32. The molecule has 2 aliphatic carbocycles. The number of non-ortho nitro benzene ring substituents is 1. The topological polar surface area (TPSA) is 104 Å². The lowest BCUT2D eigenvalue weighted by Gasteiger charge is -2.25. The molecule has 0 radical (unpaired) electrons. The molecule has 0 aromatic heterocycles. The van der Waals surface area contributed by atoms with Crippen LogP contribution in [-0.2, 0) is 20.7 Å². The highest BCUT2D eigenvalue weighted by Gasteiger charge is 2.26. The number of nitro groups is 1. The molecule has 0 saturated carbocycles. The van der Waals surface area contributed by atoms with Crippen molar-refractivity contribution in [1.29, 1.82) is 0 Å². The molecule has 0 aliphatic heterocycles. The molecule has 4 aromatic rings. The van der Waals surface area contributed by atoms with Crippen LogP contribution >= 0.6 is 0 Å². The Balaban J connectivity index is 1.44. The fourth-order valence-corrected chi connectivity index (χ4v) is 7.30. The summed E-state index contributed by atoms with van der Waals surface area (Å²) in [6, 6.07) is 19.5. The first-order valence-corrected chi connectivity index (χ1v) is 15.9. The van der Waals surface area contributed by atoms with E-state index in [2.05, 4.69) is 0 Å². The fourth-order valence-electron chi connectivity index (χ4n) is 6.38. The SMILES string of the molecule is Cc1ccc(S(=O)(=O)OCCC2C=c3c(F)cccc3=c3ccc4c(c32)CCCC=4C(=O)c2ccc([N+](=O)[O-])cc2C)cc1. The number of carbonyl (C=O) groups excluding carboxylic acids is 1. The number of carbonyl (C=O) groups is 1. The van der Waals surface area contributed by atoms with Crippen LogP contribution in [0.25, 0.3) is 11.6 Å². The zero-order valence-electron chi connectivity index (χ0n) is 24.3. The van der Waals surface area contributed by atoms with Crippen LogP contribution in [0, 0.1) is 40.2 Å². The van der Waals surface area contributed by atoms with Gasteiger partial charge < -0.3 is 0 Å². The fraction of sp³-hybridized carbons (Fsp3) is 0.229. The summed E-state index contributed by atoms with van der Waals surface area (Å²) in [4.78, 5) is 24.7. The van der Waals surface area contributed by atoms with E-state index >= 15 is 4.39 Å². The lowest BCUT2D eigenvalue weighted by atomic mass is 9.79. The molecule has 7 nitrogen and oxygen atoms in total. The third-order valence-electron chi connectivity index (χ3n) is 8.53. The number of hydrogen-bond donors (Lipinski definition) is 0. The molecule has 4 aromatic carbocycles. The first-order valence-electron chi connectivity index (χ1n) is 14.5. The number of ketones is 1.